The molecule has 3 aliphatic rings. The SMILES string of the molecule is c1cc(CNCC2CCN(C3CC3)C2)cc(C2CC2)c1. The summed E-state index contributed by atoms with van der Waals surface area (Å²) < 4.78 is 0. The Bertz CT molecular complexity index is 462. The van der Waals surface area contributed by atoms with Gasteiger partial charge in [0, 0.05) is 19.1 Å². The normalized spacial score (nSPS) is 27.1. The standard InChI is InChI=1S/C18H26N2/c1-2-14(10-17(3-1)16-4-5-16)11-19-12-15-8-9-20(13-15)18-6-7-18/h1-3,10,15-16,18-19H,4-9,11-13H2. The Hall–Kier alpha value is -0.860. The smallest absolute Gasteiger partial charge is 0.0205 e. The Morgan fingerprint density at radius 3 is 2.80 bits per heavy atom. The van der Waals surface area contributed by atoms with Gasteiger partial charge in [-0.05, 0) is 68.2 Å². The van der Waals surface area contributed by atoms with Gasteiger partial charge in [-0.3, -0.25) is 0 Å². The lowest BCUT2D eigenvalue weighted by molar-refractivity contribution is 0.312. The summed E-state index contributed by atoms with van der Waals surface area (Å²) in [6.07, 6.45) is 7.10. The first kappa shape index (κ1) is 12.8. The maximum Gasteiger partial charge on any atom is 0.0205 e. The average molecular weight is 270 g/mol. The fourth-order valence-corrected chi connectivity index (χ4v) is 3.59. The zero-order valence-corrected chi connectivity index (χ0v) is 12.4. The van der Waals surface area contributed by atoms with E-state index >= 15 is 0 Å². The number of rotatable bonds is 6. The van der Waals surface area contributed by atoms with Crippen LogP contribution in [0.3, 0.4) is 0 Å². The average Bonchev–Trinajstić information content (AvgIpc) is 3.38. The molecule has 3 fully saturated rings. The molecule has 20 heavy (non-hydrogen) atoms. The van der Waals surface area contributed by atoms with Crippen LogP contribution in [0.4, 0.5) is 0 Å². The third kappa shape index (κ3) is 3.07. The van der Waals surface area contributed by atoms with Crippen LogP contribution in [0.1, 0.15) is 49.1 Å². The lowest BCUT2D eigenvalue weighted by Crippen LogP contribution is -2.27. The van der Waals surface area contributed by atoms with Crippen LogP contribution in [0.15, 0.2) is 24.3 Å². The molecule has 2 heteroatoms. The zero-order valence-electron chi connectivity index (χ0n) is 12.4. The first-order chi connectivity index (χ1) is 9.88. The van der Waals surface area contributed by atoms with E-state index < -0.39 is 0 Å². The summed E-state index contributed by atoms with van der Waals surface area (Å²) in [6.45, 7) is 4.91. The van der Waals surface area contributed by atoms with Crippen LogP contribution in [0.25, 0.3) is 0 Å². The summed E-state index contributed by atoms with van der Waals surface area (Å²) in [7, 11) is 0. The molecule has 1 unspecified atom stereocenters. The minimum Gasteiger partial charge on any atom is -0.312 e. The Morgan fingerprint density at radius 2 is 2.00 bits per heavy atom. The van der Waals surface area contributed by atoms with Gasteiger partial charge in [-0.15, -0.1) is 0 Å². The second-order valence-corrected chi connectivity index (χ2v) is 7.03. The predicted molar refractivity (Wildman–Crippen MR) is 82.8 cm³/mol. The monoisotopic (exact) mass is 270 g/mol. The molecule has 1 N–H and O–H groups in total. The van der Waals surface area contributed by atoms with Crippen LogP contribution in [0.5, 0.6) is 0 Å². The molecule has 0 radical (unpaired) electrons. The Morgan fingerprint density at radius 1 is 1.10 bits per heavy atom. The fraction of sp³-hybridized carbons (Fsp3) is 0.667. The molecule has 2 aliphatic carbocycles. The molecule has 108 valence electrons. The summed E-state index contributed by atoms with van der Waals surface area (Å²) in [5.41, 5.74) is 3.02. The highest BCUT2D eigenvalue weighted by molar-refractivity contribution is 5.29. The van der Waals surface area contributed by atoms with Gasteiger partial charge in [-0.2, -0.15) is 0 Å². The van der Waals surface area contributed by atoms with E-state index in [1.54, 1.807) is 5.56 Å². The molecule has 0 aromatic heterocycles. The van der Waals surface area contributed by atoms with Gasteiger partial charge < -0.3 is 10.2 Å². The molecule has 1 heterocycles. The van der Waals surface area contributed by atoms with E-state index in [9.17, 15) is 0 Å². The fourth-order valence-electron chi connectivity index (χ4n) is 3.59. The van der Waals surface area contributed by atoms with E-state index in [1.807, 2.05) is 0 Å². The van der Waals surface area contributed by atoms with Crippen molar-refractivity contribution < 1.29 is 0 Å². The Kier molecular flexibility index (Phi) is 3.53. The van der Waals surface area contributed by atoms with Crippen molar-refractivity contribution in [3.8, 4) is 0 Å². The molecule has 1 aromatic rings. The van der Waals surface area contributed by atoms with Gasteiger partial charge in [-0.25, -0.2) is 0 Å². The van der Waals surface area contributed by atoms with Crippen LogP contribution in [0.2, 0.25) is 0 Å². The summed E-state index contributed by atoms with van der Waals surface area (Å²) in [5, 5.41) is 3.68. The van der Waals surface area contributed by atoms with Crippen LogP contribution in [-0.2, 0) is 6.54 Å². The van der Waals surface area contributed by atoms with Crippen molar-refractivity contribution in [2.24, 2.45) is 5.92 Å². The van der Waals surface area contributed by atoms with Crippen molar-refractivity contribution in [2.75, 3.05) is 19.6 Å². The summed E-state index contributed by atoms with van der Waals surface area (Å²) in [5.74, 6) is 1.75. The Labute approximate surface area is 122 Å². The van der Waals surface area contributed by atoms with Gasteiger partial charge in [-0.1, -0.05) is 24.3 Å². The molecule has 1 aliphatic heterocycles. The molecule has 1 saturated heterocycles. The minimum absolute atomic E-state index is 0.872. The number of benzene rings is 1. The zero-order chi connectivity index (χ0) is 13.4. The number of nitrogens with one attached hydrogen (secondary N) is 1. The van der Waals surface area contributed by atoms with Gasteiger partial charge >= 0.3 is 0 Å². The second kappa shape index (κ2) is 5.50. The van der Waals surface area contributed by atoms with E-state index in [0.717, 1.165) is 24.4 Å². The van der Waals surface area contributed by atoms with E-state index in [2.05, 4.69) is 34.5 Å². The largest absolute Gasteiger partial charge is 0.312 e. The van der Waals surface area contributed by atoms with Crippen molar-refractivity contribution in [1.82, 2.24) is 10.2 Å². The van der Waals surface area contributed by atoms with E-state index in [4.69, 9.17) is 0 Å². The van der Waals surface area contributed by atoms with Crippen molar-refractivity contribution in [3.05, 3.63) is 35.4 Å². The van der Waals surface area contributed by atoms with Gasteiger partial charge in [0.1, 0.15) is 0 Å². The lowest BCUT2D eigenvalue weighted by Gasteiger charge is -2.15. The Balaban J connectivity index is 1.23. The highest BCUT2D eigenvalue weighted by atomic mass is 15.2. The van der Waals surface area contributed by atoms with Gasteiger partial charge in [0.25, 0.3) is 0 Å². The van der Waals surface area contributed by atoms with Crippen molar-refractivity contribution in [3.63, 3.8) is 0 Å². The van der Waals surface area contributed by atoms with Crippen molar-refractivity contribution in [2.45, 2.75) is 50.6 Å². The van der Waals surface area contributed by atoms with Gasteiger partial charge in [0.2, 0.25) is 0 Å². The molecule has 2 saturated carbocycles. The first-order valence-electron chi connectivity index (χ1n) is 8.42. The third-order valence-corrected chi connectivity index (χ3v) is 5.14. The molecule has 0 amide bonds. The van der Waals surface area contributed by atoms with E-state index in [1.165, 1.54) is 57.3 Å². The molecule has 4 rings (SSSR count). The molecule has 1 atom stereocenters. The van der Waals surface area contributed by atoms with Crippen LogP contribution < -0.4 is 5.32 Å². The summed E-state index contributed by atoms with van der Waals surface area (Å²) >= 11 is 0. The van der Waals surface area contributed by atoms with Crippen molar-refractivity contribution >= 4 is 0 Å². The van der Waals surface area contributed by atoms with Crippen LogP contribution in [-0.4, -0.2) is 30.6 Å². The predicted octanol–water partition coefficient (Wildman–Crippen LogP) is 3.14. The molecular weight excluding hydrogens is 244 g/mol. The van der Waals surface area contributed by atoms with Crippen LogP contribution >= 0.6 is 0 Å². The molecule has 2 nitrogen and oxygen atoms in total. The van der Waals surface area contributed by atoms with Crippen LogP contribution in [0, 0.1) is 5.92 Å². The first-order valence-corrected chi connectivity index (χ1v) is 8.42. The highest BCUT2D eigenvalue weighted by Crippen LogP contribution is 2.40. The number of likely N-dealkylation sites (tertiary alicyclic amines) is 1. The second-order valence-electron chi connectivity index (χ2n) is 7.03. The lowest BCUT2D eigenvalue weighted by atomic mass is 10.1. The molecule has 0 spiro atoms. The molecular formula is C18H26N2. The highest BCUT2D eigenvalue weighted by Gasteiger charge is 2.34. The van der Waals surface area contributed by atoms with Gasteiger partial charge in [0.15, 0.2) is 0 Å². The summed E-state index contributed by atoms with van der Waals surface area (Å²) in [6, 6.07) is 10.2. The molecule has 0 bridgehead atoms. The topological polar surface area (TPSA) is 15.3 Å². The third-order valence-electron chi connectivity index (χ3n) is 5.14. The number of nitrogens with zero attached hydrogens (tertiary/aromatic N) is 1. The summed E-state index contributed by atoms with van der Waals surface area (Å²) in [4.78, 5) is 2.71. The number of hydrogen-bond donors (Lipinski definition) is 1. The van der Waals surface area contributed by atoms with Crippen molar-refractivity contribution in [1.29, 1.82) is 0 Å². The maximum absolute atomic E-state index is 3.68. The number of hydrogen-bond acceptors (Lipinski definition) is 2. The minimum atomic E-state index is 0.872. The molecule has 1 aromatic carbocycles. The maximum atomic E-state index is 3.68. The quantitative estimate of drug-likeness (QED) is 0.854. The van der Waals surface area contributed by atoms with Gasteiger partial charge in [0.05, 0.1) is 0 Å². The van der Waals surface area contributed by atoms with E-state index in [-0.39, 0.29) is 0 Å². The van der Waals surface area contributed by atoms with E-state index in [0.29, 0.717) is 0 Å².